The molecule has 2 N–H and O–H groups in total. The van der Waals surface area contributed by atoms with E-state index in [0.29, 0.717) is 5.56 Å². The monoisotopic (exact) mass is 331 g/mol. The van der Waals surface area contributed by atoms with Crippen molar-refractivity contribution in [1.29, 1.82) is 0 Å². The van der Waals surface area contributed by atoms with Gasteiger partial charge in [-0.2, -0.15) is 13.2 Å². The number of halogens is 3. The third kappa shape index (κ3) is 7.67. The zero-order valence-electron chi connectivity index (χ0n) is 13.0. The van der Waals surface area contributed by atoms with Crippen molar-refractivity contribution in [1.82, 2.24) is 5.32 Å². The molecule has 7 heteroatoms. The molecule has 1 atom stereocenters. The molecule has 0 fully saturated rings. The predicted molar refractivity (Wildman–Crippen MR) is 78.6 cm³/mol. The topological polar surface area (TPSA) is 66.4 Å². The fourth-order valence-electron chi connectivity index (χ4n) is 2.32. The molecule has 1 unspecified atom stereocenters. The summed E-state index contributed by atoms with van der Waals surface area (Å²) >= 11 is 0. The summed E-state index contributed by atoms with van der Waals surface area (Å²) in [4.78, 5) is 22.8. The van der Waals surface area contributed by atoms with E-state index < -0.39 is 35.9 Å². The number of benzene rings is 1. The van der Waals surface area contributed by atoms with Crippen LogP contribution in [0, 0.1) is 5.41 Å². The van der Waals surface area contributed by atoms with Crippen LogP contribution in [-0.4, -0.2) is 23.2 Å². The first-order valence-electron chi connectivity index (χ1n) is 7.11. The molecule has 0 bridgehead atoms. The molecule has 0 aliphatic rings. The molecular formula is C16H20F3NO3. The summed E-state index contributed by atoms with van der Waals surface area (Å²) in [5.41, 5.74) is -0.482. The molecule has 0 saturated heterocycles. The van der Waals surface area contributed by atoms with Crippen molar-refractivity contribution in [2.75, 3.05) is 0 Å². The second kappa shape index (κ2) is 7.48. The van der Waals surface area contributed by atoms with E-state index in [9.17, 15) is 22.8 Å². The number of carboxylic acid groups (broad SMARTS) is 1. The van der Waals surface area contributed by atoms with Crippen molar-refractivity contribution in [2.24, 2.45) is 5.41 Å². The summed E-state index contributed by atoms with van der Waals surface area (Å²) < 4.78 is 38.2. The molecule has 1 amide bonds. The number of nitrogens with one attached hydrogen (secondary N) is 1. The minimum Gasteiger partial charge on any atom is -0.481 e. The number of hydrogen-bond donors (Lipinski definition) is 2. The van der Waals surface area contributed by atoms with Gasteiger partial charge in [0, 0.05) is 6.42 Å². The van der Waals surface area contributed by atoms with Crippen molar-refractivity contribution in [2.45, 2.75) is 45.3 Å². The summed E-state index contributed by atoms with van der Waals surface area (Å²) in [6.45, 7) is 3.17. The van der Waals surface area contributed by atoms with Crippen LogP contribution in [0.15, 0.2) is 30.3 Å². The van der Waals surface area contributed by atoms with Crippen molar-refractivity contribution >= 4 is 11.9 Å². The molecule has 4 nitrogen and oxygen atoms in total. The van der Waals surface area contributed by atoms with Crippen LogP contribution < -0.4 is 5.32 Å². The third-order valence-corrected chi connectivity index (χ3v) is 3.24. The van der Waals surface area contributed by atoms with E-state index in [0.717, 1.165) is 0 Å². The van der Waals surface area contributed by atoms with Gasteiger partial charge in [0.2, 0.25) is 5.91 Å². The van der Waals surface area contributed by atoms with Crippen molar-refractivity contribution in [3.63, 3.8) is 0 Å². The SMILES string of the molecule is CC(C)(CC(=O)O)CC(=O)NC(CC(F)(F)F)c1ccccc1. The van der Waals surface area contributed by atoms with Crippen LogP contribution in [0.1, 0.15) is 44.7 Å². The van der Waals surface area contributed by atoms with Gasteiger partial charge in [0.25, 0.3) is 0 Å². The third-order valence-electron chi connectivity index (χ3n) is 3.24. The van der Waals surface area contributed by atoms with Gasteiger partial charge in [0.15, 0.2) is 0 Å². The summed E-state index contributed by atoms with van der Waals surface area (Å²) in [5.74, 6) is -1.66. The van der Waals surface area contributed by atoms with E-state index >= 15 is 0 Å². The number of carbonyl (C=O) groups excluding carboxylic acids is 1. The van der Waals surface area contributed by atoms with Gasteiger partial charge in [-0.15, -0.1) is 0 Å². The molecule has 0 saturated carbocycles. The fourth-order valence-corrected chi connectivity index (χ4v) is 2.32. The van der Waals surface area contributed by atoms with E-state index in [1.165, 1.54) is 12.1 Å². The van der Waals surface area contributed by atoms with Gasteiger partial charge in [-0.25, -0.2) is 0 Å². The lowest BCUT2D eigenvalue weighted by Crippen LogP contribution is -2.35. The Kier molecular flexibility index (Phi) is 6.18. The summed E-state index contributed by atoms with van der Waals surface area (Å²) in [6, 6.07) is 6.70. The van der Waals surface area contributed by atoms with E-state index in [-0.39, 0.29) is 12.8 Å². The largest absolute Gasteiger partial charge is 0.481 e. The number of carboxylic acids is 1. The maximum atomic E-state index is 12.7. The first-order valence-corrected chi connectivity index (χ1v) is 7.11. The number of hydrogen-bond acceptors (Lipinski definition) is 2. The smallest absolute Gasteiger partial charge is 0.391 e. The maximum Gasteiger partial charge on any atom is 0.391 e. The van der Waals surface area contributed by atoms with Gasteiger partial charge in [-0.3, -0.25) is 9.59 Å². The quantitative estimate of drug-likeness (QED) is 0.801. The second-order valence-corrected chi connectivity index (χ2v) is 6.26. The number of carbonyl (C=O) groups is 2. The first kappa shape index (κ1) is 19.0. The lowest BCUT2D eigenvalue weighted by atomic mass is 9.85. The van der Waals surface area contributed by atoms with E-state index in [1.807, 2.05) is 0 Å². The van der Waals surface area contributed by atoms with Crippen LogP contribution >= 0.6 is 0 Å². The van der Waals surface area contributed by atoms with Crippen LogP contribution in [-0.2, 0) is 9.59 Å². The van der Waals surface area contributed by atoms with Crippen LogP contribution in [0.3, 0.4) is 0 Å². The van der Waals surface area contributed by atoms with Crippen LogP contribution in [0.5, 0.6) is 0 Å². The molecule has 1 aromatic rings. The van der Waals surface area contributed by atoms with Gasteiger partial charge < -0.3 is 10.4 Å². The minimum absolute atomic E-state index is 0.166. The summed E-state index contributed by atoms with van der Waals surface area (Å²) in [5, 5.41) is 11.2. The minimum atomic E-state index is -4.43. The Morgan fingerprint density at radius 1 is 1.13 bits per heavy atom. The van der Waals surface area contributed by atoms with Gasteiger partial charge in [-0.1, -0.05) is 44.2 Å². The van der Waals surface area contributed by atoms with Crippen molar-refractivity contribution < 1.29 is 27.9 Å². The highest BCUT2D eigenvalue weighted by Crippen LogP contribution is 2.31. The Labute approximate surface area is 132 Å². The first-order chi connectivity index (χ1) is 10.5. The number of amides is 1. The molecule has 0 radical (unpaired) electrons. The summed E-state index contributed by atoms with van der Waals surface area (Å²) in [6.07, 6.45) is -6.01. The van der Waals surface area contributed by atoms with Crippen LogP contribution in [0.25, 0.3) is 0 Å². The fraction of sp³-hybridized carbons (Fsp3) is 0.500. The zero-order valence-corrected chi connectivity index (χ0v) is 13.0. The predicted octanol–water partition coefficient (Wildman–Crippen LogP) is 3.69. The Morgan fingerprint density at radius 3 is 2.17 bits per heavy atom. The number of rotatable bonds is 7. The van der Waals surface area contributed by atoms with Crippen LogP contribution in [0.4, 0.5) is 13.2 Å². The van der Waals surface area contributed by atoms with Crippen molar-refractivity contribution in [3.8, 4) is 0 Å². The van der Waals surface area contributed by atoms with E-state index in [1.54, 1.807) is 32.0 Å². The average molecular weight is 331 g/mol. The molecule has 23 heavy (non-hydrogen) atoms. The Morgan fingerprint density at radius 2 is 1.70 bits per heavy atom. The standard InChI is InChI=1S/C16H20F3NO3/c1-15(2,10-14(22)23)9-13(21)20-12(8-16(17,18)19)11-6-4-3-5-7-11/h3-7,12H,8-10H2,1-2H3,(H,20,21)(H,22,23). The molecule has 0 aliphatic carbocycles. The Bertz CT molecular complexity index is 541. The second-order valence-electron chi connectivity index (χ2n) is 6.26. The lowest BCUT2D eigenvalue weighted by molar-refractivity contribution is -0.143. The van der Waals surface area contributed by atoms with E-state index in [4.69, 9.17) is 5.11 Å². The van der Waals surface area contributed by atoms with Gasteiger partial charge in [-0.05, 0) is 11.0 Å². The molecule has 0 aliphatic heterocycles. The van der Waals surface area contributed by atoms with Crippen LogP contribution in [0.2, 0.25) is 0 Å². The average Bonchev–Trinajstić information content (AvgIpc) is 2.34. The molecule has 128 valence electrons. The van der Waals surface area contributed by atoms with Gasteiger partial charge >= 0.3 is 12.1 Å². The highest BCUT2D eigenvalue weighted by atomic mass is 19.4. The molecular weight excluding hydrogens is 311 g/mol. The van der Waals surface area contributed by atoms with Gasteiger partial charge in [0.1, 0.15) is 0 Å². The maximum absolute atomic E-state index is 12.7. The Balaban J connectivity index is 2.81. The zero-order chi connectivity index (χ0) is 17.7. The van der Waals surface area contributed by atoms with Crippen molar-refractivity contribution in [3.05, 3.63) is 35.9 Å². The highest BCUT2D eigenvalue weighted by molar-refractivity contribution is 5.78. The number of aliphatic carboxylic acids is 1. The normalized spacial score (nSPS) is 13.4. The lowest BCUT2D eigenvalue weighted by Gasteiger charge is -2.25. The molecule has 1 aromatic carbocycles. The Hall–Kier alpha value is -2.05. The molecule has 1 rings (SSSR count). The molecule has 0 heterocycles. The molecule has 0 spiro atoms. The van der Waals surface area contributed by atoms with E-state index in [2.05, 4.69) is 5.32 Å². The molecule has 0 aromatic heterocycles. The number of alkyl halides is 3. The van der Waals surface area contributed by atoms with Gasteiger partial charge in [0.05, 0.1) is 18.9 Å². The summed E-state index contributed by atoms with van der Waals surface area (Å²) in [7, 11) is 0. The highest BCUT2D eigenvalue weighted by Gasteiger charge is 2.34.